The number of carboxylic acid groups (broad SMARTS) is 2. The largest absolute Gasteiger partial charge is 0.478 e. The zero-order valence-corrected chi connectivity index (χ0v) is 12.1. The first-order valence-corrected chi connectivity index (χ1v) is 7.69. The first kappa shape index (κ1) is 14.6. The van der Waals surface area contributed by atoms with Gasteiger partial charge in [0.15, 0.2) is 0 Å². The first-order chi connectivity index (χ1) is 8.20. The molecule has 0 aliphatic carbocycles. The highest BCUT2D eigenvalue weighted by Gasteiger charge is 2.27. The van der Waals surface area contributed by atoms with Crippen LogP contribution >= 0.6 is 19.8 Å². The summed E-state index contributed by atoms with van der Waals surface area (Å²) < 4.78 is 22.3. The minimum absolute atomic E-state index is 0.0258. The molecule has 0 heterocycles. The number of halogens is 1. The molecule has 1 aromatic rings. The van der Waals surface area contributed by atoms with Crippen LogP contribution in [-0.2, 0) is 6.14 Å². The fourth-order valence-electron chi connectivity index (χ4n) is 1.88. The molecule has 0 aliphatic heterocycles. The summed E-state index contributed by atoms with van der Waals surface area (Å²) in [6.45, 7) is 4.20. The highest BCUT2D eigenvalue weighted by Crippen LogP contribution is 2.33. The molecule has 1 aromatic carbocycles. The molecular weight excluding hydrogens is 355 g/mol. The van der Waals surface area contributed by atoms with Gasteiger partial charge in [0.1, 0.15) is 0 Å². The molecule has 0 fully saturated rings. The maximum Gasteiger partial charge on any atom is 0.342 e. The number of carboxylic acids is 2. The normalized spacial score (nSPS) is 10.7. The van der Waals surface area contributed by atoms with E-state index in [1.165, 1.54) is 20.8 Å². The van der Waals surface area contributed by atoms with Gasteiger partial charge in [-0.05, 0) is 37.5 Å². The Kier molecular flexibility index (Phi) is 4.05. The number of rotatable bonds is 3. The number of hydrogen-bond acceptors (Lipinski definition) is 4. The average molecular weight is 366 g/mol. The third-order valence-corrected chi connectivity index (χ3v) is 5.05. The smallest absolute Gasteiger partial charge is 0.342 e. The van der Waals surface area contributed by atoms with Crippen molar-refractivity contribution in [2.45, 2.75) is 20.8 Å². The van der Waals surface area contributed by atoms with Crippen molar-refractivity contribution in [1.82, 2.24) is 0 Å². The summed E-state index contributed by atoms with van der Waals surface area (Å²) in [5.41, 5.74) is -0.112. The van der Waals surface area contributed by atoms with Gasteiger partial charge in [0.05, 0.1) is 14.7 Å². The van der Waals surface area contributed by atoms with E-state index in [0.717, 1.165) is 0 Å². The maximum atomic E-state index is 11.3. The van der Waals surface area contributed by atoms with E-state index in [0.29, 0.717) is 0 Å². The van der Waals surface area contributed by atoms with Crippen molar-refractivity contribution in [2.24, 2.45) is 0 Å². The standard InChI is InChI=1S/C11H11IO6/c1-4-5(2)9(12(17)18)8(11(15)16)6(3)7(4)10(13)14/h1-3H3,(H,13,14)(H,15,16). The lowest BCUT2D eigenvalue weighted by molar-refractivity contribution is 0.0694. The summed E-state index contributed by atoms with van der Waals surface area (Å²) in [6, 6.07) is 0. The van der Waals surface area contributed by atoms with Crippen molar-refractivity contribution in [3.8, 4) is 0 Å². The van der Waals surface area contributed by atoms with Crippen molar-refractivity contribution < 1.29 is 25.9 Å². The van der Waals surface area contributed by atoms with Crippen LogP contribution in [0.5, 0.6) is 0 Å². The van der Waals surface area contributed by atoms with Gasteiger partial charge in [-0.2, -0.15) is 0 Å². The summed E-state index contributed by atoms with van der Waals surface area (Å²) >= 11 is -4.02. The molecule has 0 bridgehead atoms. The molecule has 0 aromatic heterocycles. The molecule has 0 atom stereocenters. The van der Waals surface area contributed by atoms with E-state index >= 15 is 0 Å². The third-order valence-electron chi connectivity index (χ3n) is 2.82. The molecule has 6 nitrogen and oxygen atoms in total. The van der Waals surface area contributed by atoms with Crippen LogP contribution in [-0.4, -0.2) is 22.2 Å². The highest BCUT2D eigenvalue weighted by molar-refractivity contribution is 14.2. The molecule has 2 N–H and O–H groups in total. The van der Waals surface area contributed by atoms with E-state index in [1.807, 2.05) is 0 Å². The Morgan fingerprint density at radius 3 is 1.61 bits per heavy atom. The molecule has 0 unspecified atom stereocenters. The lowest BCUT2D eigenvalue weighted by Crippen LogP contribution is -2.14. The first-order valence-electron chi connectivity index (χ1n) is 4.85. The fraction of sp³-hybridized carbons (Fsp3) is 0.273. The van der Waals surface area contributed by atoms with E-state index in [1.54, 1.807) is 0 Å². The molecule has 98 valence electrons. The zero-order valence-electron chi connectivity index (χ0n) is 9.91. The second-order valence-electron chi connectivity index (χ2n) is 3.77. The Morgan fingerprint density at radius 1 is 0.833 bits per heavy atom. The summed E-state index contributed by atoms with van der Waals surface area (Å²) in [7, 11) is 0. The average Bonchev–Trinajstić information content (AvgIpc) is 2.21. The molecule has 0 saturated carbocycles. The summed E-state index contributed by atoms with van der Waals surface area (Å²) in [5.74, 6) is -2.69. The molecule has 0 aliphatic rings. The molecule has 18 heavy (non-hydrogen) atoms. The van der Waals surface area contributed by atoms with Crippen LogP contribution in [0.4, 0.5) is 0 Å². The maximum absolute atomic E-state index is 11.3. The van der Waals surface area contributed by atoms with Crippen LogP contribution in [0.2, 0.25) is 0 Å². The molecule has 0 amide bonds. The Labute approximate surface area is 110 Å². The number of aromatic carboxylic acids is 2. The van der Waals surface area contributed by atoms with E-state index in [2.05, 4.69) is 0 Å². The predicted molar refractivity (Wildman–Crippen MR) is 68.7 cm³/mol. The van der Waals surface area contributed by atoms with Crippen molar-refractivity contribution in [2.75, 3.05) is 0 Å². The van der Waals surface area contributed by atoms with Crippen LogP contribution in [0.1, 0.15) is 37.4 Å². The van der Waals surface area contributed by atoms with Gasteiger partial charge in [0.2, 0.25) is 0 Å². The van der Waals surface area contributed by atoms with Gasteiger partial charge < -0.3 is 10.2 Å². The summed E-state index contributed by atoms with van der Waals surface area (Å²) in [5, 5.41) is 18.1. The number of carbonyl (C=O) groups is 2. The van der Waals surface area contributed by atoms with Gasteiger partial charge in [-0.15, -0.1) is 0 Å². The lowest BCUT2D eigenvalue weighted by atomic mass is 9.93. The Morgan fingerprint density at radius 2 is 1.28 bits per heavy atom. The van der Waals surface area contributed by atoms with Crippen molar-refractivity contribution >= 4 is 31.7 Å². The molecule has 0 saturated heterocycles. The van der Waals surface area contributed by atoms with E-state index in [4.69, 9.17) is 10.2 Å². The van der Waals surface area contributed by atoms with Crippen molar-refractivity contribution in [3.05, 3.63) is 31.4 Å². The van der Waals surface area contributed by atoms with Gasteiger partial charge in [-0.3, -0.25) is 0 Å². The van der Waals surface area contributed by atoms with E-state index in [-0.39, 0.29) is 25.8 Å². The number of hydrogen-bond donors (Lipinski definition) is 2. The van der Waals surface area contributed by atoms with Gasteiger partial charge in [-0.25, -0.2) is 15.7 Å². The van der Waals surface area contributed by atoms with Gasteiger partial charge in [0.25, 0.3) is 0 Å². The quantitative estimate of drug-likeness (QED) is 0.795. The van der Waals surface area contributed by atoms with Crippen LogP contribution in [0, 0.1) is 24.3 Å². The van der Waals surface area contributed by atoms with E-state index in [9.17, 15) is 15.7 Å². The van der Waals surface area contributed by atoms with Gasteiger partial charge in [0, 0.05) is 0 Å². The molecule has 7 heteroatoms. The summed E-state index contributed by atoms with van der Waals surface area (Å²) in [4.78, 5) is 22.3. The second-order valence-corrected chi connectivity index (χ2v) is 6.09. The molecule has 0 spiro atoms. The van der Waals surface area contributed by atoms with Gasteiger partial charge >= 0.3 is 31.7 Å². The highest BCUT2D eigenvalue weighted by atomic mass is 127. The van der Waals surface area contributed by atoms with Gasteiger partial charge in [-0.1, -0.05) is 0 Å². The minimum Gasteiger partial charge on any atom is -0.478 e. The third kappa shape index (κ3) is 2.22. The van der Waals surface area contributed by atoms with Crippen LogP contribution in [0.15, 0.2) is 0 Å². The Balaban J connectivity index is 4.00. The van der Waals surface area contributed by atoms with Crippen LogP contribution in [0.3, 0.4) is 0 Å². The molecule has 0 radical (unpaired) electrons. The lowest BCUT2D eigenvalue weighted by Gasteiger charge is -2.14. The monoisotopic (exact) mass is 366 g/mol. The molecular formula is C11H11IO6. The minimum atomic E-state index is -4.02. The Bertz CT molecular complexity index is 619. The zero-order chi connectivity index (χ0) is 14.2. The number of benzene rings is 1. The van der Waals surface area contributed by atoms with Crippen LogP contribution in [0.25, 0.3) is 0 Å². The predicted octanol–water partition coefficient (Wildman–Crippen LogP) is 2.38. The van der Waals surface area contributed by atoms with E-state index < -0.39 is 37.3 Å². The van der Waals surface area contributed by atoms with Crippen molar-refractivity contribution in [1.29, 1.82) is 0 Å². The summed E-state index contributed by atoms with van der Waals surface area (Å²) in [6.07, 6.45) is 0. The topological polar surface area (TPSA) is 109 Å². The SMILES string of the molecule is Cc1c(C)c(I(=O)=O)c(C(=O)O)c(C)c1C(=O)O. The van der Waals surface area contributed by atoms with Crippen molar-refractivity contribution in [3.63, 3.8) is 0 Å². The fourth-order valence-corrected chi connectivity index (χ4v) is 4.02. The Hall–Kier alpha value is -1.51. The van der Waals surface area contributed by atoms with Crippen LogP contribution < -0.4 is 0 Å². The molecule has 1 rings (SSSR count). The second kappa shape index (κ2) is 5.01.